The van der Waals surface area contributed by atoms with E-state index in [2.05, 4.69) is 16.4 Å². The maximum absolute atomic E-state index is 12.4. The smallest absolute Gasteiger partial charge is 0.239 e. The van der Waals surface area contributed by atoms with Gasteiger partial charge < -0.3 is 25.5 Å². The van der Waals surface area contributed by atoms with Gasteiger partial charge in [0.15, 0.2) is 11.5 Å². The molecule has 0 fully saturated rings. The molecule has 3 aromatic rings. The molecule has 148 valence electrons. The van der Waals surface area contributed by atoms with Crippen LogP contribution >= 0.6 is 0 Å². The number of benzene rings is 2. The first-order chi connectivity index (χ1) is 13.4. The summed E-state index contributed by atoms with van der Waals surface area (Å²) in [4.78, 5) is 15.7. The molecule has 1 unspecified atom stereocenters. The van der Waals surface area contributed by atoms with Crippen molar-refractivity contribution in [1.29, 1.82) is 0 Å². The fraction of sp³-hybridized carbons (Fsp3) is 0.318. The van der Waals surface area contributed by atoms with Crippen LogP contribution in [-0.2, 0) is 4.79 Å². The summed E-state index contributed by atoms with van der Waals surface area (Å²) >= 11 is 0. The zero-order valence-corrected chi connectivity index (χ0v) is 16.7. The Morgan fingerprint density at radius 2 is 1.86 bits per heavy atom. The molecular formula is C22H27N3O3. The van der Waals surface area contributed by atoms with Gasteiger partial charge in [0.05, 0.1) is 19.8 Å². The van der Waals surface area contributed by atoms with Crippen LogP contribution < -0.4 is 20.5 Å². The third kappa shape index (κ3) is 3.82. The Morgan fingerprint density at radius 1 is 1.11 bits per heavy atom. The lowest BCUT2D eigenvalue weighted by Crippen LogP contribution is -2.50. The predicted octanol–water partition coefficient (Wildman–Crippen LogP) is 3.17. The third-order valence-corrected chi connectivity index (χ3v) is 4.86. The maximum atomic E-state index is 12.4. The van der Waals surface area contributed by atoms with Crippen molar-refractivity contribution in [1.82, 2.24) is 10.3 Å². The van der Waals surface area contributed by atoms with Crippen LogP contribution in [0.5, 0.6) is 11.5 Å². The minimum atomic E-state index is -0.955. The van der Waals surface area contributed by atoms with E-state index in [1.54, 1.807) is 28.1 Å². The average Bonchev–Trinajstić information content (AvgIpc) is 3.11. The quantitative estimate of drug-likeness (QED) is 0.586. The van der Waals surface area contributed by atoms with Gasteiger partial charge >= 0.3 is 0 Å². The summed E-state index contributed by atoms with van der Waals surface area (Å²) in [6.45, 7) is 3.76. The summed E-state index contributed by atoms with van der Waals surface area (Å²) in [5.41, 5.74) is 8.03. The average molecular weight is 381 g/mol. The monoisotopic (exact) mass is 381 g/mol. The fourth-order valence-corrected chi connectivity index (χ4v) is 3.38. The Morgan fingerprint density at radius 3 is 2.54 bits per heavy atom. The number of aromatic nitrogens is 1. The second-order valence-electron chi connectivity index (χ2n) is 7.36. The first-order valence-corrected chi connectivity index (χ1v) is 9.21. The molecule has 1 aromatic heterocycles. The van der Waals surface area contributed by atoms with E-state index >= 15 is 0 Å². The molecule has 1 amide bonds. The van der Waals surface area contributed by atoms with E-state index in [1.165, 1.54) is 0 Å². The molecule has 3 rings (SSSR count). The molecule has 1 atom stereocenters. The fourth-order valence-electron chi connectivity index (χ4n) is 3.38. The van der Waals surface area contributed by atoms with Gasteiger partial charge in [0.25, 0.3) is 0 Å². The predicted molar refractivity (Wildman–Crippen MR) is 111 cm³/mol. The van der Waals surface area contributed by atoms with Crippen LogP contribution in [0, 0.1) is 0 Å². The number of methoxy groups -OCH3 is 2. The van der Waals surface area contributed by atoms with Crippen molar-refractivity contribution < 1.29 is 14.3 Å². The van der Waals surface area contributed by atoms with Gasteiger partial charge in [-0.1, -0.05) is 30.3 Å². The molecule has 0 spiro atoms. The summed E-state index contributed by atoms with van der Waals surface area (Å²) in [5.74, 6) is 0.948. The molecule has 6 nitrogen and oxygen atoms in total. The number of hydrogen-bond acceptors (Lipinski definition) is 4. The van der Waals surface area contributed by atoms with Crippen LogP contribution in [0.2, 0.25) is 0 Å². The molecule has 0 aliphatic heterocycles. The number of nitrogens with two attached hydrogens (primary N) is 1. The molecule has 28 heavy (non-hydrogen) atoms. The molecule has 0 radical (unpaired) electrons. The second-order valence-corrected chi connectivity index (χ2v) is 7.36. The Balaban J connectivity index is 2.09. The highest BCUT2D eigenvalue weighted by Crippen LogP contribution is 2.40. The number of carbonyl (C=O) groups excluding carboxylic acids is 1. The number of nitrogens with one attached hydrogen (secondary N) is 2. The van der Waals surface area contributed by atoms with E-state index in [0.29, 0.717) is 18.0 Å². The van der Waals surface area contributed by atoms with E-state index in [4.69, 9.17) is 15.2 Å². The van der Waals surface area contributed by atoms with Gasteiger partial charge in [-0.2, -0.15) is 0 Å². The first kappa shape index (κ1) is 19.8. The number of para-hydroxylation sites is 2. The van der Waals surface area contributed by atoms with Crippen molar-refractivity contribution in [2.45, 2.75) is 25.3 Å². The standard InChI is InChI=1S/C22H27N3O3/c1-22(2,23)21(26)25-13-17(15-9-7-11-19(27-3)20(15)28-4)16-12-24-18-10-6-5-8-14(16)18/h5-12,17,24H,13,23H2,1-4H3,(H,25,26). The van der Waals surface area contributed by atoms with Crippen LogP contribution in [0.1, 0.15) is 30.9 Å². The first-order valence-electron chi connectivity index (χ1n) is 9.21. The van der Waals surface area contributed by atoms with Gasteiger partial charge in [-0.15, -0.1) is 0 Å². The molecule has 0 bridgehead atoms. The van der Waals surface area contributed by atoms with Gasteiger partial charge in [-0.3, -0.25) is 4.79 Å². The van der Waals surface area contributed by atoms with Crippen molar-refractivity contribution in [2.75, 3.05) is 20.8 Å². The Labute approximate surface area is 165 Å². The minimum Gasteiger partial charge on any atom is -0.493 e. The van der Waals surface area contributed by atoms with E-state index in [-0.39, 0.29) is 11.8 Å². The van der Waals surface area contributed by atoms with Crippen LogP contribution in [-0.4, -0.2) is 37.2 Å². The lowest BCUT2D eigenvalue weighted by molar-refractivity contribution is -0.125. The zero-order chi connectivity index (χ0) is 20.3. The van der Waals surface area contributed by atoms with Crippen molar-refractivity contribution in [3.63, 3.8) is 0 Å². The Hall–Kier alpha value is -2.99. The van der Waals surface area contributed by atoms with Crippen molar-refractivity contribution in [3.05, 3.63) is 59.8 Å². The summed E-state index contributed by atoms with van der Waals surface area (Å²) < 4.78 is 11.1. The highest BCUT2D eigenvalue weighted by molar-refractivity contribution is 5.86. The normalized spacial score (nSPS) is 12.6. The van der Waals surface area contributed by atoms with Gasteiger partial charge in [0.1, 0.15) is 0 Å². The van der Waals surface area contributed by atoms with E-state index in [1.807, 2.05) is 42.6 Å². The van der Waals surface area contributed by atoms with Gasteiger partial charge in [0, 0.05) is 35.1 Å². The van der Waals surface area contributed by atoms with E-state index < -0.39 is 5.54 Å². The number of amides is 1. The number of ether oxygens (including phenoxy) is 2. The van der Waals surface area contributed by atoms with Crippen LogP contribution in [0.25, 0.3) is 10.9 Å². The Kier molecular flexibility index (Phi) is 5.61. The van der Waals surface area contributed by atoms with Gasteiger partial charge in [0.2, 0.25) is 5.91 Å². The molecule has 4 N–H and O–H groups in total. The van der Waals surface area contributed by atoms with Gasteiger partial charge in [-0.05, 0) is 31.5 Å². The highest BCUT2D eigenvalue weighted by Gasteiger charge is 2.27. The summed E-state index contributed by atoms with van der Waals surface area (Å²) in [5, 5.41) is 4.08. The van der Waals surface area contributed by atoms with E-state index in [0.717, 1.165) is 22.0 Å². The number of fused-ring (bicyclic) bond motifs is 1. The number of carbonyl (C=O) groups is 1. The third-order valence-electron chi connectivity index (χ3n) is 4.86. The largest absolute Gasteiger partial charge is 0.493 e. The molecule has 0 saturated heterocycles. The van der Waals surface area contributed by atoms with Gasteiger partial charge in [-0.25, -0.2) is 0 Å². The molecule has 1 heterocycles. The number of H-pyrrole nitrogens is 1. The summed E-state index contributed by atoms with van der Waals surface area (Å²) in [6.07, 6.45) is 1.98. The number of rotatable bonds is 7. The number of aromatic amines is 1. The molecule has 6 heteroatoms. The lowest BCUT2D eigenvalue weighted by Gasteiger charge is -2.24. The molecule has 0 aliphatic carbocycles. The highest BCUT2D eigenvalue weighted by atomic mass is 16.5. The Bertz CT molecular complexity index is 973. The van der Waals surface area contributed by atoms with Crippen LogP contribution in [0.4, 0.5) is 0 Å². The number of hydrogen-bond donors (Lipinski definition) is 3. The molecule has 2 aromatic carbocycles. The van der Waals surface area contributed by atoms with Crippen LogP contribution in [0.15, 0.2) is 48.7 Å². The lowest BCUT2D eigenvalue weighted by atomic mass is 9.89. The molecule has 0 saturated carbocycles. The molecule has 0 aliphatic rings. The summed E-state index contributed by atoms with van der Waals surface area (Å²) in [6, 6.07) is 13.9. The van der Waals surface area contributed by atoms with E-state index in [9.17, 15) is 4.79 Å². The summed E-state index contributed by atoms with van der Waals surface area (Å²) in [7, 11) is 3.23. The van der Waals surface area contributed by atoms with Crippen molar-refractivity contribution in [3.8, 4) is 11.5 Å². The minimum absolute atomic E-state index is 0.146. The second kappa shape index (κ2) is 7.94. The van der Waals surface area contributed by atoms with Crippen molar-refractivity contribution in [2.24, 2.45) is 5.73 Å². The maximum Gasteiger partial charge on any atom is 0.239 e. The SMILES string of the molecule is COc1cccc(C(CNC(=O)C(C)(C)N)c2c[nH]c3ccccc23)c1OC. The van der Waals surface area contributed by atoms with Crippen molar-refractivity contribution >= 4 is 16.8 Å². The molecular weight excluding hydrogens is 354 g/mol. The van der Waals surface area contributed by atoms with Crippen LogP contribution in [0.3, 0.4) is 0 Å². The zero-order valence-electron chi connectivity index (χ0n) is 16.7. The topological polar surface area (TPSA) is 89.4 Å².